The lowest BCUT2D eigenvalue weighted by Gasteiger charge is -2.26. The molecule has 2 atom stereocenters. The van der Waals surface area contributed by atoms with Crippen molar-refractivity contribution in [2.75, 3.05) is 20.1 Å². The molecule has 0 saturated carbocycles. The van der Waals surface area contributed by atoms with E-state index >= 15 is 0 Å². The molecule has 0 rings (SSSR count). The van der Waals surface area contributed by atoms with Crippen LogP contribution < -0.4 is 5.32 Å². The first kappa shape index (κ1) is 15.7. The summed E-state index contributed by atoms with van der Waals surface area (Å²) in [5, 5.41) is 3.29. The van der Waals surface area contributed by atoms with Crippen LogP contribution in [-0.4, -0.2) is 43.3 Å². The van der Waals surface area contributed by atoms with Crippen LogP contribution in [0, 0.1) is 0 Å². The number of likely N-dealkylation sites (N-methyl/N-ethyl adjacent to an activating group) is 1. The van der Waals surface area contributed by atoms with Crippen molar-refractivity contribution in [3.05, 3.63) is 0 Å². The third kappa shape index (κ3) is 7.93. The Morgan fingerprint density at radius 2 is 1.81 bits per heavy atom. The fourth-order valence-electron chi connectivity index (χ4n) is 1.20. The monoisotopic (exact) mass is 240 g/mol. The smallest absolute Gasteiger partial charge is 0.313 e. The maximum absolute atomic E-state index is 12.0. The largest absolute Gasteiger partial charge is 0.390 e. The van der Waals surface area contributed by atoms with Crippen molar-refractivity contribution < 1.29 is 13.2 Å². The molecule has 0 saturated heterocycles. The van der Waals surface area contributed by atoms with E-state index in [9.17, 15) is 13.2 Å². The van der Waals surface area contributed by atoms with Crippen molar-refractivity contribution in [1.29, 1.82) is 0 Å². The summed E-state index contributed by atoms with van der Waals surface area (Å²) in [6, 6.07) is 0.537. The molecule has 16 heavy (non-hydrogen) atoms. The first-order chi connectivity index (χ1) is 7.26. The number of nitrogens with zero attached hydrogens (tertiary/aromatic N) is 1. The molecule has 2 unspecified atom stereocenters. The predicted molar refractivity (Wildman–Crippen MR) is 60.5 cm³/mol. The topological polar surface area (TPSA) is 15.3 Å². The van der Waals surface area contributed by atoms with E-state index < -0.39 is 12.6 Å². The van der Waals surface area contributed by atoms with Gasteiger partial charge in [0.25, 0.3) is 0 Å². The highest BCUT2D eigenvalue weighted by Gasteiger charge is 2.27. The Balaban J connectivity index is 3.77. The van der Waals surface area contributed by atoms with E-state index in [0.717, 1.165) is 13.0 Å². The number of halogens is 3. The first-order valence-electron chi connectivity index (χ1n) is 5.76. The van der Waals surface area contributed by atoms with Crippen molar-refractivity contribution in [2.45, 2.75) is 51.9 Å². The average molecular weight is 240 g/mol. The van der Waals surface area contributed by atoms with Gasteiger partial charge in [0.05, 0.1) is 6.42 Å². The summed E-state index contributed by atoms with van der Waals surface area (Å²) in [5.41, 5.74) is 0. The number of rotatable bonds is 7. The zero-order chi connectivity index (χ0) is 12.8. The Hall–Kier alpha value is -0.290. The molecule has 0 aliphatic rings. The molecule has 2 nitrogen and oxygen atoms in total. The normalized spacial score (nSPS) is 16.5. The van der Waals surface area contributed by atoms with Gasteiger partial charge in [-0.15, -0.1) is 0 Å². The van der Waals surface area contributed by atoms with Crippen molar-refractivity contribution in [3.63, 3.8) is 0 Å². The maximum atomic E-state index is 12.0. The second-order valence-electron chi connectivity index (χ2n) is 4.41. The predicted octanol–water partition coefficient (Wildman–Crippen LogP) is 2.65. The van der Waals surface area contributed by atoms with E-state index in [2.05, 4.69) is 19.2 Å². The highest BCUT2D eigenvalue weighted by atomic mass is 19.4. The lowest BCUT2D eigenvalue weighted by atomic mass is 10.2. The van der Waals surface area contributed by atoms with Crippen LogP contribution in [0.15, 0.2) is 0 Å². The fraction of sp³-hybridized carbons (Fsp3) is 1.00. The Kier molecular flexibility index (Phi) is 6.99. The van der Waals surface area contributed by atoms with Gasteiger partial charge in [-0.05, 0) is 27.3 Å². The molecule has 0 fully saturated rings. The zero-order valence-electron chi connectivity index (χ0n) is 10.6. The molecule has 98 valence electrons. The van der Waals surface area contributed by atoms with Gasteiger partial charge in [-0.1, -0.05) is 6.92 Å². The summed E-state index contributed by atoms with van der Waals surface area (Å²) in [7, 11) is 1.73. The molecule has 5 heteroatoms. The number of hydrogen-bond acceptors (Lipinski definition) is 2. The fourth-order valence-corrected chi connectivity index (χ4v) is 1.20. The molecule has 0 bridgehead atoms. The molecule has 0 spiro atoms. The third-order valence-corrected chi connectivity index (χ3v) is 2.87. The van der Waals surface area contributed by atoms with E-state index in [4.69, 9.17) is 0 Å². The van der Waals surface area contributed by atoms with Crippen LogP contribution in [0.25, 0.3) is 0 Å². The minimum atomic E-state index is -4.06. The third-order valence-electron chi connectivity index (χ3n) is 2.87. The van der Waals surface area contributed by atoms with Gasteiger partial charge in [-0.2, -0.15) is 13.2 Å². The number of alkyl halides is 3. The van der Waals surface area contributed by atoms with E-state index in [1.807, 2.05) is 6.92 Å². The van der Waals surface area contributed by atoms with Crippen LogP contribution in [0.2, 0.25) is 0 Å². The van der Waals surface area contributed by atoms with E-state index in [1.54, 1.807) is 11.9 Å². The van der Waals surface area contributed by atoms with E-state index in [1.165, 1.54) is 0 Å². The lowest BCUT2D eigenvalue weighted by molar-refractivity contribution is -0.138. The molecule has 0 amide bonds. The summed E-state index contributed by atoms with van der Waals surface area (Å²) < 4.78 is 36.0. The van der Waals surface area contributed by atoms with E-state index in [-0.39, 0.29) is 12.6 Å². The Bertz CT molecular complexity index is 183. The molecule has 0 aromatic heterocycles. The number of nitrogens with one attached hydrogen (secondary N) is 1. The Morgan fingerprint density at radius 1 is 1.25 bits per heavy atom. The van der Waals surface area contributed by atoms with Crippen LogP contribution in [-0.2, 0) is 0 Å². The Labute approximate surface area is 96.2 Å². The van der Waals surface area contributed by atoms with Gasteiger partial charge < -0.3 is 10.2 Å². The lowest BCUT2D eigenvalue weighted by Crippen LogP contribution is -2.41. The van der Waals surface area contributed by atoms with Crippen molar-refractivity contribution in [2.24, 2.45) is 0 Å². The van der Waals surface area contributed by atoms with Crippen molar-refractivity contribution in [3.8, 4) is 0 Å². The van der Waals surface area contributed by atoms with Crippen molar-refractivity contribution >= 4 is 0 Å². The highest BCUT2D eigenvalue weighted by Crippen LogP contribution is 2.19. The van der Waals surface area contributed by atoms with Crippen molar-refractivity contribution in [1.82, 2.24) is 10.2 Å². The minimum absolute atomic E-state index is 0.0624. The molecular formula is C11H23F3N2. The summed E-state index contributed by atoms with van der Waals surface area (Å²) in [6.45, 7) is 6.88. The summed E-state index contributed by atoms with van der Waals surface area (Å²) in [4.78, 5) is 1.74. The van der Waals surface area contributed by atoms with Crippen LogP contribution in [0.1, 0.15) is 33.6 Å². The standard InChI is InChI=1S/C11H23F3N2/c1-5-9(2)15-8-10(3)16(4)7-6-11(12,13)14/h9-10,15H,5-8H2,1-4H3. The van der Waals surface area contributed by atoms with Crippen LogP contribution >= 0.6 is 0 Å². The van der Waals surface area contributed by atoms with Crippen LogP contribution in [0.4, 0.5) is 13.2 Å². The molecule has 0 aliphatic carbocycles. The average Bonchev–Trinajstić information content (AvgIpc) is 2.20. The van der Waals surface area contributed by atoms with Crippen LogP contribution in [0.3, 0.4) is 0 Å². The molecule has 0 heterocycles. The summed E-state index contributed by atoms with van der Waals surface area (Å²) in [5.74, 6) is 0. The van der Waals surface area contributed by atoms with E-state index in [0.29, 0.717) is 6.04 Å². The molecule has 1 N–H and O–H groups in total. The van der Waals surface area contributed by atoms with Gasteiger partial charge in [0.2, 0.25) is 0 Å². The highest BCUT2D eigenvalue weighted by molar-refractivity contribution is 4.69. The molecular weight excluding hydrogens is 217 g/mol. The molecule has 0 aromatic carbocycles. The van der Waals surface area contributed by atoms with Gasteiger partial charge in [-0.25, -0.2) is 0 Å². The zero-order valence-corrected chi connectivity index (χ0v) is 10.6. The SMILES string of the molecule is CCC(C)NCC(C)N(C)CCC(F)(F)F. The van der Waals surface area contributed by atoms with Gasteiger partial charge >= 0.3 is 6.18 Å². The van der Waals surface area contributed by atoms with Gasteiger partial charge in [0, 0.05) is 25.2 Å². The van der Waals surface area contributed by atoms with Gasteiger partial charge in [0.15, 0.2) is 0 Å². The van der Waals surface area contributed by atoms with Gasteiger partial charge in [-0.3, -0.25) is 0 Å². The minimum Gasteiger partial charge on any atom is -0.313 e. The second-order valence-corrected chi connectivity index (χ2v) is 4.41. The molecule has 0 aromatic rings. The number of hydrogen-bond donors (Lipinski definition) is 1. The maximum Gasteiger partial charge on any atom is 0.390 e. The first-order valence-corrected chi connectivity index (χ1v) is 5.76. The second kappa shape index (κ2) is 7.12. The Morgan fingerprint density at radius 3 is 2.25 bits per heavy atom. The quantitative estimate of drug-likeness (QED) is 0.736. The summed E-state index contributed by atoms with van der Waals surface area (Å²) in [6.07, 6.45) is -3.77. The molecule has 0 radical (unpaired) electrons. The summed E-state index contributed by atoms with van der Waals surface area (Å²) >= 11 is 0. The van der Waals surface area contributed by atoms with Gasteiger partial charge in [0.1, 0.15) is 0 Å². The van der Waals surface area contributed by atoms with Crippen LogP contribution in [0.5, 0.6) is 0 Å². The molecule has 0 aliphatic heterocycles.